The highest BCUT2D eigenvalue weighted by Crippen LogP contribution is 2.20. The number of aliphatic carboxylic acids is 2. The third kappa shape index (κ3) is 4.83. The molecule has 0 radical (unpaired) electrons. The highest BCUT2D eigenvalue weighted by molar-refractivity contribution is 5.73. The zero-order valence-corrected chi connectivity index (χ0v) is 12.9. The zero-order chi connectivity index (χ0) is 20.3. The molecule has 14 nitrogen and oxygen atoms in total. The van der Waals surface area contributed by atoms with Crippen LogP contribution >= 0.6 is 0 Å². The van der Waals surface area contributed by atoms with Crippen LogP contribution in [0.5, 0.6) is 0 Å². The third-order valence-corrected chi connectivity index (χ3v) is 3.66. The van der Waals surface area contributed by atoms with Crippen molar-refractivity contribution in [2.24, 2.45) is 0 Å². The minimum Gasteiger partial charge on any atom is -0.479 e. The summed E-state index contributed by atoms with van der Waals surface area (Å²) in [5, 5.41) is 88.7. The molecule has 0 aromatic rings. The second kappa shape index (κ2) is 8.96. The summed E-state index contributed by atoms with van der Waals surface area (Å²) in [6, 6.07) is 0. The number of carbonyl (C=O) groups is 2. The predicted octanol–water partition coefficient (Wildman–Crippen LogP) is -6.26. The number of aliphatic hydroxyl groups is 8. The van der Waals surface area contributed by atoms with Gasteiger partial charge in [-0.25, -0.2) is 9.59 Å². The molecule has 0 spiro atoms. The van der Waals surface area contributed by atoms with Crippen molar-refractivity contribution >= 4 is 11.9 Å². The first-order valence-corrected chi connectivity index (χ1v) is 7.11. The van der Waals surface area contributed by atoms with Gasteiger partial charge in [0.05, 0.1) is 0 Å². The van der Waals surface area contributed by atoms with Gasteiger partial charge in [0, 0.05) is 0 Å². The molecule has 0 aromatic carbocycles. The summed E-state index contributed by atoms with van der Waals surface area (Å²) >= 11 is 0. The van der Waals surface area contributed by atoms with Gasteiger partial charge in [-0.1, -0.05) is 0 Å². The van der Waals surface area contributed by atoms with E-state index in [0.717, 1.165) is 0 Å². The SMILES string of the molecule is O=C(O)[C@H]1O[C@@H](O)[C@@H](O)[C@@H](O)[C@@H]1O.O=C(O)[C@H]1O[C@@H](O)[C@@H](O)[C@@H](O)[C@@H]1O. The lowest BCUT2D eigenvalue weighted by Crippen LogP contribution is -2.59. The monoisotopic (exact) mass is 388 g/mol. The average molecular weight is 388 g/mol. The summed E-state index contributed by atoms with van der Waals surface area (Å²) in [5.74, 6) is -3.03. The summed E-state index contributed by atoms with van der Waals surface area (Å²) in [6.45, 7) is 0. The molecule has 2 heterocycles. The van der Waals surface area contributed by atoms with Gasteiger partial charge in [-0.2, -0.15) is 0 Å². The Hall–Kier alpha value is -1.46. The standard InChI is InChI=1S/2C6H10O7/c2*7-1-2(8)4(5(10)11)13-6(12)3(1)9/h2*1-4,6-9,12H,(H,10,11)/t2*1-,2-,3-,4-,6+/m00/s1. The highest BCUT2D eigenvalue weighted by Gasteiger charge is 2.47. The summed E-state index contributed by atoms with van der Waals surface area (Å²) < 4.78 is 8.68. The summed E-state index contributed by atoms with van der Waals surface area (Å²) in [7, 11) is 0. The topological polar surface area (TPSA) is 255 Å². The molecule has 0 aromatic heterocycles. The van der Waals surface area contributed by atoms with Crippen LogP contribution in [0.4, 0.5) is 0 Å². The van der Waals surface area contributed by atoms with Crippen LogP contribution < -0.4 is 0 Å². The average Bonchev–Trinajstić information content (AvgIpc) is 2.57. The van der Waals surface area contributed by atoms with Crippen molar-refractivity contribution in [3.8, 4) is 0 Å². The fraction of sp³-hybridized carbons (Fsp3) is 0.833. The summed E-state index contributed by atoms with van der Waals surface area (Å²) in [5.41, 5.74) is 0. The number of carboxylic acid groups (broad SMARTS) is 2. The molecular weight excluding hydrogens is 368 g/mol. The summed E-state index contributed by atoms with van der Waals surface area (Å²) in [6.07, 6.45) is -17.4. The van der Waals surface area contributed by atoms with Crippen LogP contribution in [0.15, 0.2) is 0 Å². The number of aliphatic hydroxyl groups excluding tert-OH is 8. The van der Waals surface area contributed by atoms with Crippen molar-refractivity contribution in [3.05, 3.63) is 0 Å². The summed E-state index contributed by atoms with van der Waals surface area (Å²) in [4.78, 5) is 20.7. The molecule has 26 heavy (non-hydrogen) atoms. The molecule has 2 aliphatic rings. The Balaban J connectivity index is 0.000000260. The molecule has 2 fully saturated rings. The van der Waals surface area contributed by atoms with E-state index in [-0.39, 0.29) is 0 Å². The molecule has 2 aliphatic heterocycles. The lowest BCUT2D eigenvalue weighted by Gasteiger charge is -2.36. The Morgan fingerprint density at radius 1 is 0.500 bits per heavy atom. The Morgan fingerprint density at radius 3 is 1.00 bits per heavy atom. The van der Waals surface area contributed by atoms with Gasteiger partial charge >= 0.3 is 11.9 Å². The van der Waals surface area contributed by atoms with E-state index in [2.05, 4.69) is 9.47 Å². The van der Waals surface area contributed by atoms with E-state index in [1.165, 1.54) is 0 Å². The normalized spacial score (nSPS) is 46.0. The largest absolute Gasteiger partial charge is 0.479 e. The predicted molar refractivity (Wildman–Crippen MR) is 73.1 cm³/mol. The van der Waals surface area contributed by atoms with Crippen LogP contribution in [-0.2, 0) is 19.1 Å². The molecule has 0 aliphatic carbocycles. The molecule has 0 unspecified atom stereocenters. The quantitative estimate of drug-likeness (QED) is 0.211. The van der Waals surface area contributed by atoms with Crippen molar-refractivity contribution in [3.63, 3.8) is 0 Å². The Kier molecular flexibility index (Phi) is 7.78. The first kappa shape index (κ1) is 22.6. The van der Waals surface area contributed by atoms with Crippen LogP contribution in [0.3, 0.4) is 0 Å². The highest BCUT2D eigenvalue weighted by atomic mass is 16.7. The number of carboxylic acids is 2. The number of hydrogen-bond acceptors (Lipinski definition) is 12. The second-order valence-electron chi connectivity index (χ2n) is 5.51. The molecule has 0 saturated carbocycles. The maximum absolute atomic E-state index is 10.4. The van der Waals surface area contributed by atoms with Crippen molar-refractivity contribution in [1.82, 2.24) is 0 Å². The fourth-order valence-corrected chi connectivity index (χ4v) is 2.13. The smallest absolute Gasteiger partial charge is 0.335 e. The van der Waals surface area contributed by atoms with E-state index in [1.54, 1.807) is 0 Å². The zero-order valence-electron chi connectivity index (χ0n) is 12.9. The lowest BCUT2D eigenvalue weighted by molar-refractivity contribution is -0.279. The third-order valence-electron chi connectivity index (χ3n) is 3.66. The van der Waals surface area contributed by atoms with Crippen molar-refractivity contribution in [2.45, 2.75) is 61.4 Å². The molecule has 0 amide bonds. The van der Waals surface area contributed by atoms with E-state index < -0.39 is 73.4 Å². The van der Waals surface area contributed by atoms with E-state index in [0.29, 0.717) is 0 Å². The van der Waals surface area contributed by atoms with Gasteiger partial charge < -0.3 is 60.5 Å². The van der Waals surface area contributed by atoms with Gasteiger partial charge in [-0.05, 0) is 0 Å². The maximum atomic E-state index is 10.4. The minimum atomic E-state index is -1.81. The molecule has 10 N–H and O–H groups in total. The van der Waals surface area contributed by atoms with E-state index in [1.807, 2.05) is 0 Å². The first-order valence-electron chi connectivity index (χ1n) is 7.11. The van der Waals surface area contributed by atoms with Crippen LogP contribution in [-0.4, -0.2) is 124 Å². The van der Waals surface area contributed by atoms with Gasteiger partial charge in [0.1, 0.15) is 36.6 Å². The molecule has 0 bridgehead atoms. The first-order chi connectivity index (χ1) is 11.9. The van der Waals surface area contributed by atoms with E-state index in [9.17, 15) is 9.59 Å². The molecular formula is C12H20O14. The fourth-order valence-electron chi connectivity index (χ4n) is 2.13. The molecule has 2 saturated heterocycles. The van der Waals surface area contributed by atoms with Crippen LogP contribution in [0.1, 0.15) is 0 Å². The van der Waals surface area contributed by atoms with Crippen molar-refractivity contribution < 1.29 is 70.1 Å². The van der Waals surface area contributed by atoms with Crippen molar-refractivity contribution in [2.75, 3.05) is 0 Å². The van der Waals surface area contributed by atoms with Crippen LogP contribution in [0.25, 0.3) is 0 Å². The Morgan fingerprint density at radius 2 is 0.769 bits per heavy atom. The van der Waals surface area contributed by atoms with Gasteiger partial charge in [0.25, 0.3) is 0 Å². The van der Waals surface area contributed by atoms with Crippen LogP contribution in [0.2, 0.25) is 0 Å². The van der Waals surface area contributed by atoms with Crippen LogP contribution in [0, 0.1) is 0 Å². The number of rotatable bonds is 2. The van der Waals surface area contributed by atoms with Crippen molar-refractivity contribution in [1.29, 1.82) is 0 Å². The van der Waals surface area contributed by atoms with Gasteiger partial charge in [0.15, 0.2) is 24.8 Å². The van der Waals surface area contributed by atoms with E-state index in [4.69, 9.17) is 51.1 Å². The minimum absolute atomic E-state index is 1.52. The molecule has 2 rings (SSSR count). The lowest BCUT2D eigenvalue weighted by atomic mass is 9.99. The molecule has 14 heteroatoms. The van der Waals surface area contributed by atoms with Gasteiger partial charge in [0.2, 0.25) is 0 Å². The molecule has 10 atom stereocenters. The number of ether oxygens (including phenoxy) is 2. The van der Waals surface area contributed by atoms with Gasteiger partial charge in [-0.3, -0.25) is 0 Å². The molecule has 152 valence electrons. The Bertz CT molecular complexity index is 454. The number of hydrogen-bond donors (Lipinski definition) is 10. The Labute approximate surface area is 144 Å². The maximum Gasteiger partial charge on any atom is 0.335 e. The van der Waals surface area contributed by atoms with E-state index >= 15 is 0 Å². The van der Waals surface area contributed by atoms with Gasteiger partial charge in [-0.15, -0.1) is 0 Å². The second-order valence-corrected chi connectivity index (χ2v) is 5.51.